The fourth-order valence-corrected chi connectivity index (χ4v) is 4.27. The molecule has 0 saturated heterocycles. The number of halogens is 5. The quantitative estimate of drug-likeness (QED) is 0.278. The van der Waals surface area contributed by atoms with E-state index in [9.17, 15) is 27.2 Å². The molecular formula is C23H17ClF4N2O3. The number of ether oxygens (including phenoxy) is 1. The number of rotatable bonds is 4. The smallest absolute Gasteiger partial charge is 0.417 e. The first kappa shape index (κ1) is 23.0. The van der Waals surface area contributed by atoms with Gasteiger partial charge in [0.1, 0.15) is 17.2 Å². The van der Waals surface area contributed by atoms with Gasteiger partial charge in [-0.1, -0.05) is 17.7 Å². The second kappa shape index (κ2) is 8.62. The fraction of sp³-hybridized carbons (Fsp3) is 0.261. The lowest BCUT2D eigenvalue weighted by atomic mass is 9.92. The molecular weight excluding hydrogens is 464 g/mol. The maximum Gasteiger partial charge on any atom is 0.417 e. The van der Waals surface area contributed by atoms with Crippen molar-refractivity contribution in [1.29, 1.82) is 0 Å². The van der Waals surface area contributed by atoms with Crippen LogP contribution in [0, 0.1) is 5.82 Å². The maximum atomic E-state index is 14.9. The van der Waals surface area contributed by atoms with Crippen LogP contribution in [0.15, 0.2) is 36.4 Å². The van der Waals surface area contributed by atoms with Gasteiger partial charge in [0.2, 0.25) is 5.78 Å². The summed E-state index contributed by atoms with van der Waals surface area (Å²) in [6, 6.07) is 6.75. The molecule has 1 aromatic heterocycles. The summed E-state index contributed by atoms with van der Waals surface area (Å²) in [6.45, 7) is 0. The molecule has 0 radical (unpaired) electrons. The van der Waals surface area contributed by atoms with Gasteiger partial charge in [0.05, 0.1) is 28.8 Å². The van der Waals surface area contributed by atoms with Crippen LogP contribution in [0.4, 0.5) is 17.6 Å². The molecule has 1 heterocycles. The van der Waals surface area contributed by atoms with E-state index in [-0.39, 0.29) is 22.0 Å². The van der Waals surface area contributed by atoms with Crippen LogP contribution in [0.1, 0.15) is 56.1 Å². The molecule has 0 spiro atoms. The molecule has 10 heteroatoms. The number of aromatic nitrogens is 2. The highest BCUT2D eigenvalue weighted by molar-refractivity contribution is 6.35. The van der Waals surface area contributed by atoms with Crippen molar-refractivity contribution in [3.63, 3.8) is 0 Å². The molecule has 0 unspecified atom stereocenters. The minimum Gasteiger partial charge on any atom is -0.465 e. The molecule has 33 heavy (non-hydrogen) atoms. The average molecular weight is 481 g/mol. The van der Waals surface area contributed by atoms with E-state index in [1.54, 1.807) is 0 Å². The van der Waals surface area contributed by atoms with E-state index >= 15 is 0 Å². The maximum absolute atomic E-state index is 14.9. The summed E-state index contributed by atoms with van der Waals surface area (Å²) >= 11 is 6.01. The Morgan fingerprint density at radius 1 is 1.12 bits per heavy atom. The number of alkyl halides is 3. The van der Waals surface area contributed by atoms with E-state index in [0.717, 1.165) is 24.6 Å². The van der Waals surface area contributed by atoms with Gasteiger partial charge in [0, 0.05) is 11.3 Å². The van der Waals surface area contributed by atoms with E-state index < -0.39 is 34.9 Å². The Morgan fingerprint density at radius 3 is 2.52 bits per heavy atom. The lowest BCUT2D eigenvalue weighted by Gasteiger charge is -2.15. The summed E-state index contributed by atoms with van der Waals surface area (Å²) < 4.78 is 61.4. The van der Waals surface area contributed by atoms with Crippen LogP contribution in [0.25, 0.3) is 5.69 Å². The first-order chi connectivity index (χ1) is 15.6. The lowest BCUT2D eigenvalue weighted by Crippen LogP contribution is -2.16. The molecule has 4 rings (SSSR count). The molecule has 0 fully saturated rings. The third-order valence-electron chi connectivity index (χ3n) is 5.54. The van der Waals surface area contributed by atoms with Gasteiger partial charge >= 0.3 is 12.1 Å². The Hall–Kier alpha value is -3.20. The van der Waals surface area contributed by atoms with Crippen molar-refractivity contribution in [2.75, 3.05) is 7.11 Å². The zero-order valence-electron chi connectivity index (χ0n) is 17.3. The van der Waals surface area contributed by atoms with Crippen LogP contribution in [-0.4, -0.2) is 28.6 Å². The summed E-state index contributed by atoms with van der Waals surface area (Å²) in [5.74, 6) is -2.49. The molecule has 172 valence electrons. The highest BCUT2D eigenvalue weighted by Gasteiger charge is 2.38. The zero-order chi connectivity index (χ0) is 23.9. The number of esters is 1. The predicted molar refractivity (Wildman–Crippen MR) is 111 cm³/mol. The molecule has 1 aliphatic rings. The summed E-state index contributed by atoms with van der Waals surface area (Å²) in [5.41, 5.74) is -1.08. The van der Waals surface area contributed by atoms with Gasteiger partial charge in [0.25, 0.3) is 0 Å². The number of ketones is 1. The van der Waals surface area contributed by atoms with E-state index in [1.807, 2.05) is 0 Å². The van der Waals surface area contributed by atoms with Crippen LogP contribution in [0.3, 0.4) is 0 Å². The molecule has 5 nitrogen and oxygen atoms in total. The van der Waals surface area contributed by atoms with Gasteiger partial charge in [-0.05, 0) is 56.0 Å². The number of hydrogen-bond acceptors (Lipinski definition) is 4. The minimum absolute atomic E-state index is 0.0121. The number of benzene rings is 2. The Kier molecular flexibility index (Phi) is 6.00. The molecule has 0 N–H and O–H groups in total. The number of fused-ring (bicyclic) bond motifs is 1. The first-order valence-electron chi connectivity index (χ1n) is 10.0. The molecule has 0 amide bonds. The van der Waals surface area contributed by atoms with Gasteiger partial charge in [0.15, 0.2) is 0 Å². The molecule has 0 bridgehead atoms. The highest BCUT2D eigenvalue weighted by Crippen LogP contribution is 2.37. The molecule has 1 aliphatic carbocycles. The van der Waals surface area contributed by atoms with Crippen molar-refractivity contribution in [3.05, 3.63) is 80.9 Å². The fourth-order valence-electron chi connectivity index (χ4n) is 4.01. The van der Waals surface area contributed by atoms with E-state index in [1.165, 1.54) is 30.0 Å². The number of methoxy groups -OCH3 is 1. The van der Waals surface area contributed by atoms with Crippen molar-refractivity contribution in [2.24, 2.45) is 0 Å². The number of carbonyl (C=O) groups excluding carboxylic acids is 2. The van der Waals surface area contributed by atoms with Crippen LogP contribution in [-0.2, 0) is 23.8 Å². The summed E-state index contributed by atoms with van der Waals surface area (Å²) in [6.07, 6.45) is -2.48. The lowest BCUT2D eigenvalue weighted by molar-refractivity contribution is -0.137. The standard InChI is InChI=1S/C23H17ClF4N2O3/c1-33-22(32)12-9-10-18(16(25)11-12)30-17-8-3-2-5-13(17)20(29-30)21(31)19-14(23(26,27)28)6-4-7-15(19)24/h4,6-7,9-11H,2-3,5,8H2,1H3. The normalized spacial score (nSPS) is 13.5. The molecule has 2 aromatic carbocycles. The number of carbonyl (C=O) groups is 2. The van der Waals surface area contributed by atoms with Crippen molar-refractivity contribution in [2.45, 2.75) is 31.9 Å². The van der Waals surface area contributed by atoms with E-state index in [0.29, 0.717) is 30.5 Å². The Labute approximate surface area is 190 Å². The van der Waals surface area contributed by atoms with E-state index in [4.69, 9.17) is 11.6 Å². The van der Waals surface area contributed by atoms with Crippen molar-refractivity contribution >= 4 is 23.4 Å². The number of hydrogen-bond donors (Lipinski definition) is 0. The van der Waals surface area contributed by atoms with Crippen LogP contribution in [0.5, 0.6) is 0 Å². The second-order valence-electron chi connectivity index (χ2n) is 7.54. The van der Waals surface area contributed by atoms with Crippen LogP contribution < -0.4 is 0 Å². The third-order valence-corrected chi connectivity index (χ3v) is 5.85. The molecule has 0 atom stereocenters. The highest BCUT2D eigenvalue weighted by atomic mass is 35.5. The van der Waals surface area contributed by atoms with Gasteiger partial charge in [-0.15, -0.1) is 0 Å². The Bertz CT molecular complexity index is 1270. The summed E-state index contributed by atoms with van der Waals surface area (Å²) in [5, 5.41) is 3.90. The van der Waals surface area contributed by atoms with Gasteiger partial charge in [-0.3, -0.25) is 4.79 Å². The van der Waals surface area contributed by atoms with Gasteiger partial charge in [-0.25, -0.2) is 13.9 Å². The summed E-state index contributed by atoms with van der Waals surface area (Å²) in [7, 11) is 1.17. The third kappa shape index (κ3) is 4.13. The second-order valence-corrected chi connectivity index (χ2v) is 7.95. The number of nitrogens with zero attached hydrogens (tertiary/aromatic N) is 2. The van der Waals surface area contributed by atoms with Crippen molar-refractivity contribution in [3.8, 4) is 5.69 Å². The zero-order valence-corrected chi connectivity index (χ0v) is 18.1. The largest absolute Gasteiger partial charge is 0.465 e. The van der Waals surface area contributed by atoms with Crippen molar-refractivity contribution < 1.29 is 31.9 Å². The van der Waals surface area contributed by atoms with Crippen LogP contribution in [0.2, 0.25) is 5.02 Å². The molecule has 3 aromatic rings. The Balaban J connectivity index is 1.87. The minimum atomic E-state index is -4.80. The van der Waals surface area contributed by atoms with Crippen molar-refractivity contribution in [1.82, 2.24) is 9.78 Å². The molecule has 0 aliphatic heterocycles. The average Bonchev–Trinajstić information content (AvgIpc) is 3.16. The topological polar surface area (TPSA) is 61.2 Å². The SMILES string of the molecule is COC(=O)c1ccc(-n2nc(C(=O)c3c(Cl)cccc3C(F)(F)F)c3c2CCCC3)c(F)c1. The summed E-state index contributed by atoms with van der Waals surface area (Å²) in [4.78, 5) is 25.0. The predicted octanol–water partition coefficient (Wildman–Crippen LogP) is 5.58. The van der Waals surface area contributed by atoms with E-state index in [2.05, 4.69) is 9.84 Å². The molecule has 0 saturated carbocycles. The van der Waals surface area contributed by atoms with Gasteiger partial charge < -0.3 is 4.74 Å². The first-order valence-corrected chi connectivity index (χ1v) is 10.4. The van der Waals surface area contributed by atoms with Crippen LogP contribution >= 0.6 is 11.6 Å². The Morgan fingerprint density at radius 2 is 1.85 bits per heavy atom. The van der Waals surface area contributed by atoms with Gasteiger partial charge in [-0.2, -0.15) is 18.3 Å². The monoisotopic (exact) mass is 480 g/mol.